The van der Waals surface area contributed by atoms with Crippen molar-refractivity contribution in [3.63, 3.8) is 0 Å². The van der Waals surface area contributed by atoms with Crippen LogP contribution in [0, 0.1) is 5.92 Å². The van der Waals surface area contributed by atoms with Gasteiger partial charge in [0, 0.05) is 38.7 Å². The summed E-state index contributed by atoms with van der Waals surface area (Å²) in [6.07, 6.45) is 6.91. The van der Waals surface area contributed by atoms with Gasteiger partial charge in [-0.15, -0.1) is 0 Å². The summed E-state index contributed by atoms with van der Waals surface area (Å²) in [4.78, 5) is 0. The molecular weight excluding hydrogens is 290 g/mol. The molecule has 4 nitrogen and oxygen atoms in total. The second kappa shape index (κ2) is 11.1. The number of aliphatic hydroxyl groups excluding tert-OH is 2. The van der Waals surface area contributed by atoms with Crippen molar-refractivity contribution in [3.05, 3.63) is 24.3 Å². The first-order valence-corrected chi connectivity index (χ1v) is 8.47. The summed E-state index contributed by atoms with van der Waals surface area (Å²) in [6, 6.07) is 0.163. The lowest BCUT2D eigenvalue weighted by Crippen LogP contribution is -2.18. The van der Waals surface area contributed by atoms with Gasteiger partial charge in [-0.3, -0.25) is 0 Å². The molecule has 2 radical (unpaired) electrons. The van der Waals surface area contributed by atoms with Crippen LogP contribution < -0.4 is 0 Å². The Morgan fingerprint density at radius 1 is 1.22 bits per heavy atom. The van der Waals surface area contributed by atoms with Gasteiger partial charge in [0.1, 0.15) is 7.28 Å². The summed E-state index contributed by atoms with van der Waals surface area (Å²) in [5, 5.41) is 17.5. The van der Waals surface area contributed by atoms with Gasteiger partial charge in [0.2, 0.25) is 0 Å². The molecule has 6 heteroatoms. The second-order valence-electron chi connectivity index (χ2n) is 6.01. The van der Waals surface area contributed by atoms with E-state index in [-0.39, 0.29) is 31.4 Å². The monoisotopic (exact) mass is 320 g/mol. The fraction of sp³-hybridized carbons (Fsp3) is 0.765. The summed E-state index contributed by atoms with van der Waals surface area (Å²) in [7, 11) is 5.90. The molecule has 0 spiro atoms. The lowest BCUT2D eigenvalue weighted by Gasteiger charge is -2.17. The molecule has 0 aromatic heterocycles. The molecule has 1 aliphatic heterocycles. The van der Waals surface area contributed by atoms with E-state index in [0.717, 1.165) is 12.8 Å². The molecule has 1 unspecified atom stereocenters. The minimum absolute atomic E-state index is 0.131. The third-order valence-corrected chi connectivity index (χ3v) is 4.62. The van der Waals surface area contributed by atoms with E-state index in [4.69, 9.17) is 19.7 Å². The molecule has 1 saturated carbocycles. The molecule has 0 bridgehead atoms. The maximum absolute atomic E-state index is 8.91. The third kappa shape index (κ3) is 6.11. The third-order valence-electron chi connectivity index (χ3n) is 4.62. The van der Waals surface area contributed by atoms with Crippen LogP contribution in [0.4, 0.5) is 0 Å². The van der Waals surface area contributed by atoms with Gasteiger partial charge < -0.3 is 19.7 Å². The molecule has 2 rings (SSSR count). The fourth-order valence-corrected chi connectivity index (χ4v) is 3.21. The van der Waals surface area contributed by atoms with Gasteiger partial charge in [-0.05, 0) is 18.7 Å². The lowest BCUT2D eigenvalue weighted by atomic mass is 9.64. The summed E-state index contributed by atoms with van der Waals surface area (Å²) < 4.78 is 10.8. The quantitative estimate of drug-likeness (QED) is 0.556. The topological polar surface area (TPSA) is 58.9 Å². The van der Waals surface area contributed by atoms with Crippen LogP contribution in [-0.4, -0.2) is 63.3 Å². The molecule has 0 amide bonds. The molecule has 1 aliphatic carbocycles. The second-order valence-corrected chi connectivity index (χ2v) is 6.01. The Labute approximate surface area is 142 Å². The van der Waals surface area contributed by atoms with Crippen molar-refractivity contribution in [1.29, 1.82) is 0 Å². The first kappa shape index (κ1) is 20.5. The van der Waals surface area contributed by atoms with Crippen LogP contribution in [0.5, 0.6) is 0 Å². The molecule has 5 atom stereocenters. The van der Waals surface area contributed by atoms with Gasteiger partial charge in [0.15, 0.2) is 7.28 Å². The summed E-state index contributed by atoms with van der Waals surface area (Å²) in [5.41, 5.74) is 1.23. The number of rotatable bonds is 7. The predicted molar refractivity (Wildman–Crippen MR) is 96.2 cm³/mol. The number of aliphatic hydroxyl groups is 2. The molecule has 0 aromatic rings. The molecule has 1 fully saturated rings. The van der Waals surface area contributed by atoms with E-state index in [0.29, 0.717) is 18.2 Å². The Hall–Kier alpha value is -0.550. The number of hydrogen-bond acceptors (Lipinski definition) is 4. The summed E-state index contributed by atoms with van der Waals surface area (Å²) in [6.45, 7) is 8.53. The highest BCUT2D eigenvalue weighted by atomic mass is 16.5. The Morgan fingerprint density at radius 2 is 1.91 bits per heavy atom. The molecule has 0 aromatic carbocycles. The smallest absolute Gasteiger partial charge is 0.151 e. The van der Waals surface area contributed by atoms with Crippen LogP contribution in [0.25, 0.3) is 0 Å². The van der Waals surface area contributed by atoms with Crippen molar-refractivity contribution in [1.82, 2.24) is 0 Å². The Kier molecular flexibility index (Phi) is 9.88. The zero-order valence-electron chi connectivity index (χ0n) is 14.6. The van der Waals surface area contributed by atoms with E-state index in [1.165, 1.54) is 5.57 Å². The minimum Gasteiger partial charge on any atom is -0.396 e. The van der Waals surface area contributed by atoms with E-state index in [2.05, 4.69) is 20.7 Å². The number of methoxy groups -OCH3 is 1. The standard InChI is InChI=1S/C10H18BO2.C7H12BO2/c1-7-8(4-5-12)10(13-3)6-9(7)11-2;1-8-7-3-2-6(10-7)4-5-9/h8-10,12H,1,4-6H2,2-3H3;2-3,6-7,9H,4-5H2,1H3/t8-,9-,10?;6-,7+/m00/s1. The number of hydrogen-bond donors (Lipinski definition) is 2. The van der Waals surface area contributed by atoms with Gasteiger partial charge in [-0.1, -0.05) is 38.0 Å². The van der Waals surface area contributed by atoms with Crippen LogP contribution in [0.15, 0.2) is 24.3 Å². The van der Waals surface area contributed by atoms with Crippen molar-refractivity contribution in [3.8, 4) is 0 Å². The van der Waals surface area contributed by atoms with Crippen molar-refractivity contribution >= 4 is 14.6 Å². The molecule has 128 valence electrons. The molecule has 0 saturated heterocycles. The van der Waals surface area contributed by atoms with Crippen LogP contribution in [0.3, 0.4) is 0 Å². The molecular formula is C17H30B2O4. The van der Waals surface area contributed by atoms with Crippen LogP contribution >= 0.6 is 0 Å². The van der Waals surface area contributed by atoms with E-state index in [9.17, 15) is 0 Å². The zero-order chi connectivity index (χ0) is 17.2. The van der Waals surface area contributed by atoms with Crippen LogP contribution in [-0.2, 0) is 9.47 Å². The Bertz CT molecular complexity index is 376. The lowest BCUT2D eigenvalue weighted by molar-refractivity contribution is 0.0682. The van der Waals surface area contributed by atoms with Gasteiger partial charge in [-0.25, -0.2) is 0 Å². The van der Waals surface area contributed by atoms with Crippen LogP contribution in [0.2, 0.25) is 19.5 Å². The summed E-state index contributed by atoms with van der Waals surface area (Å²) >= 11 is 0. The van der Waals surface area contributed by atoms with E-state index < -0.39 is 0 Å². The van der Waals surface area contributed by atoms with Gasteiger partial charge in [0.05, 0.1) is 12.2 Å². The van der Waals surface area contributed by atoms with Gasteiger partial charge in [-0.2, -0.15) is 0 Å². The highest BCUT2D eigenvalue weighted by Crippen LogP contribution is 2.42. The average molecular weight is 320 g/mol. The molecule has 1 heterocycles. The van der Waals surface area contributed by atoms with Gasteiger partial charge in [0.25, 0.3) is 0 Å². The summed E-state index contributed by atoms with van der Waals surface area (Å²) in [5.74, 6) is 0.817. The largest absolute Gasteiger partial charge is 0.396 e. The van der Waals surface area contributed by atoms with Crippen molar-refractivity contribution in [2.75, 3.05) is 20.3 Å². The zero-order valence-corrected chi connectivity index (χ0v) is 14.6. The minimum atomic E-state index is 0.131. The van der Waals surface area contributed by atoms with E-state index in [1.54, 1.807) is 7.11 Å². The SMILES string of the molecule is C=C1[C@@H]([B]C)CC(OC)[C@H]1CCO.C[B][C@H]1C=C[C@@H](CCO)O1. The molecule has 23 heavy (non-hydrogen) atoms. The molecule has 2 N–H and O–H groups in total. The van der Waals surface area contributed by atoms with Crippen LogP contribution in [0.1, 0.15) is 19.3 Å². The first-order valence-electron chi connectivity index (χ1n) is 8.47. The van der Waals surface area contributed by atoms with E-state index in [1.807, 2.05) is 26.3 Å². The average Bonchev–Trinajstić information content (AvgIpc) is 3.14. The maximum atomic E-state index is 8.91. The number of ether oxygens (including phenoxy) is 2. The fourth-order valence-electron chi connectivity index (χ4n) is 3.21. The Balaban J connectivity index is 0.000000238. The van der Waals surface area contributed by atoms with Crippen molar-refractivity contribution in [2.24, 2.45) is 5.92 Å². The van der Waals surface area contributed by atoms with Crippen molar-refractivity contribution in [2.45, 2.75) is 56.9 Å². The highest BCUT2D eigenvalue weighted by molar-refractivity contribution is 6.37. The maximum Gasteiger partial charge on any atom is 0.151 e. The Morgan fingerprint density at radius 3 is 2.39 bits per heavy atom. The normalized spacial score (nSPS) is 32.6. The highest BCUT2D eigenvalue weighted by Gasteiger charge is 2.36. The predicted octanol–water partition coefficient (Wildman–Crippen LogP) is 1.90. The van der Waals surface area contributed by atoms with Gasteiger partial charge >= 0.3 is 0 Å². The van der Waals surface area contributed by atoms with Crippen molar-refractivity contribution < 1.29 is 19.7 Å². The first-order chi connectivity index (χ1) is 11.1. The van der Waals surface area contributed by atoms with E-state index >= 15 is 0 Å². The molecule has 2 aliphatic rings.